The van der Waals surface area contributed by atoms with Crippen LogP contribution in [0.5, 0.6) is 0 Å². The van der Waals surface area contributed by atoms with E-state index in [0.29, 0.717) is 0 Å². The van der Waals surface area contributed by atoms with E-state index in [0.717, 1.165) is 14.7 Å². The van der Waals surface area contributed by atoms with Crippen LogP contribution in [-0.4, -0.2) is 21.5 Å². The molecule has 0 N–H and O–H groups in total. The number of carbonyl (C=O) groups excluding carboxylic acids is 1. The summed E-state index contributed by atoms with van der Waals surface area (Å²) < 4.78 is 33.3. The average Bonchev–Trinajstić information content (AvgIpc) is 2.83. The zero-order valence-corrected chi connectivity index (χ0v) is 30.3. The fourth-order valence-electron chi connectivity index (χ4n) is 2.10. The molecule has 0 aromatic heterocycles. The Morgan fingerprint density at radius 1 is 0.914 bits per heavy atom. The van der Waals surface area contributed by atoms with Gasteiger partial charge in [-0.3, -0.25) is 0 Å². The van der Waals surface area contributed by atoms with Gasteiger partial charge in [-0.25, -0.2) is 4.79 Å². The Balaban J connectivity index is 0.000000590. The number of rotatable bonds is 5. The SMILES string of the molecule is COC(=O)/C=C/c1ccccc1.Cc1ccc(S(=O)(=O)N=Ic2ccccc2)cc1.[Cu].[I][V]([I])[I]. The van der Waals surface area contributed by atoms with E-state index in [9.17, 15) is 13.2 Å². The summed E-state index contributed by atoms with van der Waals surface area (Å²) in [5.74, 6) is -0.334. The summed E-state index contributed by atoms with van der Waals surface area (Å²) >= 11 is 6.53. The topological polar surface area (TPSA) is 72.8 Å². The molecule has 3 rings (SSSR count). The Kier molecular flexibility index (Phi) is 21.0. The molecule has 0 heterocycles. The van der Waals surface area contributed by atoms with E-state index in [-0.39, 0.29) is 32.9 Å². The minimum atomic E-state index is -3.50. The van der Waals surface area contributed by atoms with Gasteiger partial charge < -0.3 is 4.74 Å². The van der Waals surface area contributed by atoms with Crippen LogP contribution in [0, 0.1) is 10.5 Å². The zero-order valence-electron chi connectivity index (χ0n) is 18.5. The molecule has 5 nitrogen and oxygen atoms in total. The number of esters is 1. The first kappa shape index (κ1) is 35.6. The molecule has 0 saturated carbocycles. The number of aryl methyl sites for hydroxylation is 1. The number of sulfonamides is 1. The monoisotopic (exact) mass is 1030 g/mol. The summed E-state index contributed by atoms with van der Waals surface area (Å²) in [4.78, 5) is 10.7. The second kappa shape index (κ2) is 20.6. The maximum atomic E-state index is 12.0. The number of nitrogens with zero attached hydrogens (tertiary/aromatic N) is 1. The van der Waals surface area contributed by atoms with Crippen molar-refractivity contribution in [1.82, 2.24) is 0 Å². The fraction of sp³-hybridized carbons (Fsp3) is 0.0870. The molecule has 0 atom stereocenters. The van der Waals surface area contributed by atoms with Gasteiger partial charge in [0.2, 0.25) is 0 Å². The number of ether oxygens (including phenoxy) is 1. The van der Waals surface area contributed by atoms with Crippen molar-refractivity contribution in [2.24, 2.45) is 2.55 Å². The number of hydrogen-bond donors (Lipinski definition) is 0. The van der Waals surface area contributed by atoms with Crippen LogP contribution in [0.25, 0.3) is 6.08 Å². The van der Waals surface area contributed by atoms with Crippen molar-refractivity contribution < 1.29 is 39.9 Å². The van der Waals surface area contributed by atoms with Gasteiger partial charge in [-0.15, -0.1) is 2.55 Å². The molecule has 193 valence electrons. The molecule has 1 radical (unpaired) electrons. The van der Waals surface area contributed by atoms with Gasteiger partial charge in [0, 0.05) is 47.7 Å². The average molecular weight is 1030 g/mol. The minimum absolute atomic E-state index is 0. The van der Waals surface area contributed by atoms with Crippen molar-refractivity contribution in [3.05, 3.63) is 106 Å². The summed E-state index contributed by atoms with van der Waals surface area (Å²) in [7, 11) is -2.14. The predicted molar refractivity (Wildman–Crippen MR) is 170 cm³/mol. The Morgan fingerprint density at radius 2 is 1.40 bits per heavy atom. The van der Waals surface area contributed by atoms with Gasteiger partial charge in [0.15, 0.2) is 0 Å². The standard InChI is InChI=1S/C13H12INO2S.C10H10O2.Cu.3HI.V/c1-11-7-9-13(10-8-11)18(16,17)15-14-12-5-3-2-4-6-12;1-12-10(11)8-7-9-5-3-2-4-6-9;;;;;/h2-10H,1H3;2-8H,1H3;;3*1H;/q;;;;;;+3/p-3/b;8-7+;;;;;. The van der Waals surface area contributed by atoms with Crippen LogP contribution < -0.4 is 0 Å². The van der Waals surface area contributed by atoms with E-state index in [2.05, 4.69) is 67.2 Å². The number of carbonyl (C=O) groups is 1. The molecule has 0 saturated heterocycles. The first-order valence-electron chi connectivity index (χ1n) is 9.46. The molecule has 12 heteroatoms. The van der Waals surface area contributed by atoms with Gasteiger partial charge >= 0.3 is 70.8 Å². The van der Waals surface area contributed by atoms with Gasteiger partial charge in [0.25, 0.3) is 10.0 Å². The third-order valence-corrected chi connectivity index (χ3v) is 8.23. The maximum absolute atomic E-state index is 12.0. The van der Waals surface area contributed by atoms with Crippen molar-refractivity contribution in [3.63, 3.8) is 0 Å². The quantitative estimate of drug-likeness (QED) is 0.112. The number of methoxy groups -OCH3 is 1. The van der Waals surface area contributed by atoms with Crippen LogP contribution in [0.2, 0.25) is 0 Å². The summed E-state index contributed by atoms with van der Waals surface area (Å²) in [5, 5.41) is 0. The summed E-state index contributed by atoms with van der Waals surface area (Å²) in [6.07, 6.45) is 3.11. The molecule has 0 fully saturated rings. The molecule has 0 bridgehead atoms. The molecule has 0 unspecified atom stereocenters. The van der Waals surface area contributed by atoms with Crippen molar-refractivity contribution in [2.75, 3.05) is 7.11 Å². The molecule has 3 aromatic carbocycles. The molecule has 0 amide bonds. The number of benzene rings is 3. The molecular weight excluding hydrogens is 1010 g/mol. The third kappa shape index (κ3) is 17.7. The van der Waals surface area contributed by atoms with E-state index in [1.165, 1.54) is 13.2 Å². The molecule has 0 aliphatic rings. The van der Waals surface area contributed by atoms with Crippen LogP contribution in [0.4, 0.5) is 0 Å². The second-order valence-corrected chi connectivity index (χ2v) is 46.0. The van der Waals surface area contributed by atoms with E-state index in [1.807, 2.05) is 67.6 Å². The van der Waals surface area contributed by atoms with Crippen LogP contribution >= 0.6 is 81.0 Å². The van der Waals surface area contributed by atoms with Crippen LogP contribution in [-0.2, 0) is 41.5 Å². The summed E-state index contributed by atoms with van der Waals surface area (Å²) in [6.45, 7) is 1.92. The van der Waals surface area contributed by atoms with Crippen molar-refractivity contribution in [1.29, 1.82) is 0 Å². The molecule has 3 aromatic rings. The van der Waals surface area contributed by atoms with Crippen molar-refractivity contribution in [2.45, 2.75) is 11.8 Å². The predicted octanol–water partition coefficient (Wildman–Crippen LogP) is 8.23. The van der Waals surface area contributed by atoms with E-state index in [4.69, 9.17) is 0 Å². The van der Waals surface area contributed by atoms with Crippen molar-refractivity contribution in [3.8, 4) is 0 Å². The Hall–Kier alpha value is 0.644. The zero-order chi connectivity index (χ0) is 25.4. The number of hydrogen-bond acceptors (Lipinski definition) is 4. The van der Waals surface area contributed by atoms with Crippen LogP contribution in [0.15, 0.2) is 98.5 Å². The Morgan fingerprint density at radius 3 is 1.89 bits per heavy atom. The molecular formula is C23H22CuI4NO4SV. The van der Waals surface area contributed by atoms with E-state index < -0.39 is 31.1 Å². The van der Waals surface area contributed by atoms with Crippen LogP contribution in [0.1, 0.15) is 11.1 Å². The fourth-order valence-corrected chi connectivity index (χ4v) is 5.71. The van der Waals surface area contributed by atoms with Crippen molar-refractivity contribution >= 4 is 103 Å². The van der Waals surface area contributed by atoms with Gasteiger partial charge in [0.05, 0.1) is 12.0 Å². The second-order valence-electron chi connectivity index (χ2n) is 6.20. The Labute approximate surface area is 266 Å². The molecule has 0 aliphatic carbocycles. The van der Waals surface area contributed by atoms with Crippen LogP contribution in [0.3, 0.4) is 0 Å². The van der Waals surface area contributed by atoms with Gasteiger partial charge in [-0.1, -0.05) is 66.2 Å². The van der Waals surface area contributed by atoms with Gasteiger partial charge in [0.1, 0.15) is 0 Å². The molecule has 0 spiro atoms. The number of halogens is 4. The first-order valence-corrected chi connectivity index (χ1v) is 26.5. The van der Waals surface area contributed by atoms with Gasteiger partial charge in [-0.05, 0) is 42.8 Å². The van der Waals surface area contributed by atoms with E-state index >= 15 is 0 Å². The van der Waals surface area contributed by atoms with Gasteiger partial charge in [-0.2, -0.15) is 8.42 Å². The summed E-state index contributed by atoms with van der Waals surface area (Å²) in [5.41, 5.74) is 2.02. The third-order valence-electron chi connectivity index (χ3n) is 3.69. The molecule has 35 heavy (non-hydrogen) atoms. The summed E-state index contributed by atoms with van der Waals surface area (Å²) in [6, 6.07) is 25.8. The molecule has 0 aliphatic heterocycles. The normalized spacial score (nSPS) is 10.8. The van der Waals surface area contributed by atoms with E-state index in [1.54, 1.807) is 30.3 Å². The Bertz CT molecular complexity index is 1160. The first-order chi connectivity index (χ1) is 16.1.